The Hall–Kier alpha value is -1.67. The van der Waals surface area contributed by atoms with E-state index in [9.17, 15) is 23.3 Å². The molecule has 0 radical (unpaired) electrons. The minimum Gasteiger partial charge on any atom is -0.339 e. The fourth-order valence-corrected chi connectivity index (χ4v) is 8.41. The summed E-state index contributed by atoms with van der Waals surface area (Å²) in [7, 11) is -2.59. The van der Waals surface area contributed by atoms with Gasteiger partial charge in [0.05, 0.1) is 10.4 Å². The molecule has 1 aromatic heterocycles. The number of carbonyl (C=O) groups is 2. The number of rotatable bonds is 7. The summed E-state index contributed by atoms with van der Waals surface area (Å²) in [6.07, 6.45) is 0.454. The third-order valence-electron chi connectivity index (χ3n) is 7.24. The van der Waals surface area contributed by atoms with Crippen LogP contribution in [0.4, 0.5) is 0 Å². The second kappa shape index (κ2) is 9.08. The lowest BCUT2D eigenvalue weighted by atomic mass is 9.85. The van der Waals surface area contributed by atoms with Gasteiger partial charge < -0.3 is 10.2 Å². The van der Waals surface area contributed by atoms with Crippen molar-refractivity contribution < 1.29 is 18.0 Å². The lowest BCUT2D eigenvalue weighted by molar-refractivity contribution is -0.145. The molecule has 3 rings (SSSR count). The highest BCUT2D eigenvalue weighted by atomic mass is 35.5. The Morgan fingerprint density at radius 3 is 2.47 bits per heavy atom. The van der Waals surface area contributed by atoms with Crippen molar-refractivity contribution in [1.29, 1.82) is 5.26 Å². The molecule has 2 heterocycles. The summed E-state index contributed by atoms with van der Waals surface area (Å²) in [6.45, 7) is 11.8. The van der Waals surface area contributed by atoms with E-state index in [1.165, 1.54) is 24.1 Å². The number of likely N-dealkylation sites (tertiary alicyclic amines) is 1. The highest BCUT2D eigenvalue weighted by Gasteiger charge is 2.70. The Kier molecular flexibility index (Phi) is 7.19. The number of fused-ring (bicyclic) bond motifs is 1. The molecule has 34 heavy (non-hydrogen) atoms. The molecule has 0 spiro atoms. The van der Waals surface area contributed by atoms with Crippen molar-refractivity contribution in [3.05, 3.63) is 16.5 Å². The number of halogens is 1. The summed E-state index contributed by atoms with van der Waals surface area (Å²) in [4.78, 5) is 28.8. The molecule has 1 aliphatic carbocycles. The highest BCUT2D eigenvalue weighted by Crippen LogP contribution is 2.65. The SMILES string of the molecule is CC[C@@H](C#N)NC(=O)[C@@H]1[C@@H]2[C@H](CN1C(=O)[C@@H](N(C)S(=O)(=O)c1ccc(Cl)s1)C(C)(C)C)C2(C)C. The van der Waals surface area contributed by atoms with Gasteiger partial charge in [-0.2, -0.15) is 9.57 Å². The molecule has 2 aliphatic rings. The molecule has 2 amide bonds. The Morgan fingerprint density at radius 2 is 2.00 bits per heavy atom. The summed E-state index contributed by atoms with van der Waals surface area (Å²) in [5.41, 5.74) is -0.849. The molecule has 1 aliphatic heterocycles. The van der Waals surface area contributed by atoms with Crippen LogP contribution in [0, 0.1) is 34.0 Å². The molecular weight excluding hydrogens is 496 g/mol. The molecule has 1 saturated carbocycles. The summed E-state index contributed by atoms with van der Waals surface area (Å²) in [6, 6.07) is 2.59. The largest absolute Gasteiger partial charge is 0.339 e. The number of hydrogen-bond acceptors (Lipinski definition) is 6. The number of thiophene rings is 1. The van der Waals surface area contributed by atoms with E-state index in [-0.39, 0.29) is 27.4 Å². The first-order valence-electron chi connectivity index (χ1n) is 11.3. The van der Waals surface area contributed by atoms with Crippen molar-refractivity contribution in [2.24, 2.45) is 22.7 Å². The van der Waals surface area contributed by atoms with E-state index in [0.717, 1.165) is 15.6 Å². The van der Waals surface area contributed by atoms with Gasteiger partial charge in [0.1, 0.15) is 22.3 Å². The standard InChI is InChI=1S/C23H33ClN4O4S2/c1-8-13(11-25)26-20(29)18-17-14(23(17,5)6)12-28(18)21(30)19(22(2,3)4)27(7)34(31,32)16-10-9-15(24)33-16/h9-10,13-14,17-19H,8,12H2,1-7H3,(H,26,29)/t13-,14-,17-,18-,19+/m0/s1. The van der Waals surface area contributed by atoms with Crippen molar-refractivity contribution >= 4 is 44.8 Å². The highest BCUT2D eigenvalue weighted by molar-refractivity contribution is 7.91. The Balaban J connectivity index is 1.96. The maximum atomic E-state index is 14.0. The van der Waals surface area contributed by atoms with Gasteiger partial charge in [-0.1, -0.05) is 53.1 Å². The first-order valence-corrected chi connectivity index (χ1v) is 14.0. The Bertz CT molecular complexity index is 1120. The van der Waals surface area contributed by atoms with Crippen molar-refractivity contribution in [2.45, 2.75) is 70.3 Å². The fraction of sp³-hybridized carbons (Fsp3) is 0.696. The number of sulfonamides is 1. The molecule has 0 aromatic carbocycles. The predicted molar refractivity (Wildman–Crippen MR) is 132 cm³/mol. The van der Waals surface area contributed by atoms with Gasteiger partial charge >= 0.3 is 0 Å². The number of piperidine rings is 1. The monoisotopic (exact) mass is 528 g/mol. The van der Waals surface area contributed by atoms with E-state index >= 15 is 0 Å². The number of likely N-dealkylation sites (N-methyl/N-ethyl adjacent to an activating group) is 1. The van der Waals surface area contributed by atoms with Gasteiger partial charge in [-0.3, -0.25) is 9.59 Å². The molecule has 5 atom stereocenters. The second-order valence-corrected chi connectivity index (χ2v) is 14.8. The zero-order chi connectivity index (χ0) is 25.8. The molecule has 8 nitrogen and oxygen atoms in total. The number of nitrogens with zero attached hydrogens (tertiary/aromatic N) is 3. The normalized spacial score (nSPS) is 25.4. The smallest absolute Gasteiger partial charge is 0.253 e. The van der Waals surface area contributed by atoms with Gasteiger partial charge in [-0.25, -0.2) is 8.42 Å². The fourth-order valence-electron chi connectivity index (χ4n) is 5.24. The van der Waals surface area contributed by atoms with Gasteiger partial charge in [-0.05, 0) is 41.2 Å². The Labute approximate surface area is 211 Å². The average Bonchev–Trinajstić information content (AvgIpc) is 3.14. The number of hydrogen-bond donors (Lipinski definition) is 1. The van der Waals surface area contributed by atoms with Gasteiger partial charge in [0.2, 0.25) is 11.8 Å². The van der Waals surface area contributed by atoms with E-state index < -0.39 is 39.5 Å². The van der Waals surface area contributed by atoms with Crippen LogP contribution in [0.15, 0.2) is 16.3 Å². The van der Waals surface area contributed by atoms with E-state index in [1.807, 2.05) is 27.7 Å². The van der Waals surface area contributed by atoms with Crippen molar-refractivity contribution in [3.8, 4) is 6.07 Å². The maximum Gasteiger partial charge on any atom is 0.253 e. The van der Waals surface area contributed by atoms with Gasteiger partial charge in [0.15, 0.2) is 0 Å². The summed E-state index contributed by atoms with van der Waals surface area (Å²) in [5.74, 6) is -0.656. The van der Waals surface area contributed by atoms with Crippen molar-refractivity contribution in [2.75, 3.05) is 13.6 Å². The molecular formula is C23H33ClN4O4S2. The first-order chi connectivity index (χ1) is 15.6. The van der Waals surface area contributed by atoms with Crippen molar-refractivity contribution in [3.63, 3.8) is 0 Å². The first kappa shape index (κ1) is 26.9. The van der Waals surface area contributed by atoms with Crippen LogP contribution in [-0.2, 0) is 19.6 Å². The van der Waals surface area contributed by atoms with E-state index in [0.29, 0.717) is 17.3 Å². The van der Waals surface area contributed by atoms with E-state index in [1.54, 1.807) is 0 Å². The van der Waals surface area contributed by atoms with Gasteiger partial charge in [0.25, 0.3) is 10.0 Å². The lowest BCUT2D eigenvalue weighted by Crippen LogP contribution is -2.59. The summed E-state index contributed by atoms with van der Waals surface area (Å²) < 4.78 is 28.2. The molecule has 1 saturated heterocycles. The van der Waals surface area contributed by atoms with Gasteiger partial charge in [0, 0.05) is 13.6 Å². The van der Waals surface area contributed by atoms with Gasteiger partial charge in [-0.15, -0.1) is 11.3 Å². The lowest BCUT2D eigenvalue weighted by Gasteiger charge is -2.40. The zero-order valence-electron chi connectivity index (χ0n) is 20.6. The summed E-state index contributed by atoms with van der Waals surface area (Å²) in [5, 5.41) is 12.1. The zero-order valence-corrected chi connectivity index (χ0v) is 23.0. The molecule has 1 N–H and O–H groups in total. The molecule has 0 bridgehead atoms. The van der Waals surface area contributed by atoms with Crippen LogP contribution in [0.5, 0.6) is 0 Å². The number of nitriles is 1. The van der Waals surface area contributed by atoms with Crippen LogP contribution in [0.3, 0.4) is 0 Å². The quantitative estimate of drug-likeness (QED) is 0.583. The van der Waals surface area contributed by atoms with E-state index in [4.69, 9.17) is 11.6 Å². The number of amides is 2. The molecule has 2 fully saturated rings. The van der Waals surface area contributed by atoms with E-state index in [2.05, 4.69) is 25.2 Å². The molecule has 0 unspecified atom stereocenters. The minimum absolute atomic E-state index is 0.0358. The molecule has 11 heteroatoms. The third-order valence-corrected chi connectivity index (χ3v) is 10.8. The third kappa shape index (κ3) is 4.60. The Morgan fingerprint density at radius 1 is 1.38 bits per heavy atom. The number of nitrogens with one attached hydrogen (secondary N) is 1. The predicted octanol–water partition coefficient (Wildman–Crippen LogP) is 3.34. The van der Waals surface area contributed by atoms with Crippen LogP contribution in [0.2, 0.25) is 4.34 Å². The van der Waals surface area contributed by atoms with Crippen LogP contribution in [0.1, 0.15) is 48.0 Å². The molecule has 1 aromatic rings. The minimum atomic E-state index is -3.99. The summed E-state index contributed by atoms with van der Waals surface area (Å²) >= 11 is 6.90. The topological polar surface area (TPSA) is 111 Å². The van der Waals surface area contributed by atoms with Crippen LogP contribution in [-0.4, -0.2) is 61.2 Å². The molecule has 188 valence electrons. The number of carbonyl (C=O) groups excluding carboxylic acids is 2. The van der Waals surface area contributed by atoms with Crippen LogP contribution < -0.4 is 5.32 Å². The van der Waals surface area contributed by atoms with Crippen LogP contribution >= 0.6 is 22.9 Å². The van der Waals surface area contributed by atoms with Crippen LogP contribution in [0.25, 0.3) is 0 Å². The maximum absolute atomic E-state index is 14.0. The second-order valence-electron chi connectivity index (χ2n) is 10.8. The average molecular weight is 529 g/mol. The van der Waals surface area contributed by atoms with Crippen molar-refractivity contribution in [1.82, 2.24) is 14.5 Å².